The molecule has 3 rings (SSSR count). The van der Waals surface area contributed by atoms with Gasteiger partial charge in [-0.1, -0.05) is 18.6 Å². The van der Waals surface area contributed by atoms with Crippen molar-refractivity contribution in [2.75, 3.05) is 32.7 Å². The number of piperidine rings is 1. The number of aliphatic imine (C=N–C) groups is 1. The molecule has 144 valence electrons. The minimum absolute atomic E-state index is 0. The zero-order valence-corrected chi connectivity index (χ0v) is 18.2. The fourth-order valence-corrected chi connectivity index (χ4v) is 3.34. The van der Waals surface area contributed by atoms with E-state index in [2.05, 4.69) is 40.1 Å². The predicted octanol–water partition coefficient (Wildman–Crippen LogP) is 2.73. The van der Waals surface area contributed by atoms with Gasteiger partial charge in [-0.05, 0) is 45.0 Å². The van der Waals surface area contributed by atoms with Crippen molar-refractivity contribution in [3.63, 3.8) is 0 Å². The number of aromatic nitrogens is 2. The highest BCUT2D eigenvalue weighted by Crippen LogP contribution is 2.14. The number of hydrogen-bond donors (Lipinski definition) is 2. The van der Waals surface area contributed by atoms with E-state index in [1.54, 1.807) is 0 Å². The van der Waals surface area contributed by atoms with Crippen LogP contribution >= 0.6 is 24.0 Å². The molecule has 0 aliphatic carbocycles. The maximum atomic E-state index is 4.72. The van der Waals surface area contributed by atoms with Crippen LogP contribution in [0.15, 0.2) is 29.3 Å². The SMILES string of the molecule is CCNC(=NCc1nc2ccccc2n1C)NCCN1CCCCC1.I. The summed E-state index contributed by atoms with van der Waals surface area (Å²) in [5.41, 5.74) is 2.18. The van der Waals surface area contributed by atoms with Crippen molar-refractivity contribution in [3.8, 4) is 0 Å². The third kappa shape index (κ3) is 5.57. The number of halogens is 1. The van der Waals surface area contributed by atoms with Gasteiger partial charge in [-0.15, -0.1) is 24.0 Å². The molecule has 0 saturated carbocycles. The molecular weight excluding hydrogens is 439 g/mol. The third-order valence-corrected chi connectivity index (χ3v) is 4.77. The maximum Gasteiger partial charge on any atom is 0.191 e. The number of nitrogens with zero attached hydrogens (tertiary/aromatic N) is 4. The van der Waals surface area contributed by atoms with Gasteiger partial charge in [0.05, 0.1) is 11.0 Å². The van der Waals surface area contributed by atoms with Crippen molar-refractivity contribution in [2.45, 2.75) is 32.7 Å². The Bertz CT molecular complexity index is 705. The van der Waals surface area contributed by atoms with Crippen molar-refractivity contribution < 1.29 is 0 Å². The van der Waals surface area contributed by atoms with Crippen LogP contribution in [-0.4, -0.2) is 53.1 Å². The Morgan fingerprint density at radius 1 is 1.15 bits per heavy atom. The first-order chi connectivity index (χ1) is 12.3. The Morgan fingerprint density at radius 2 is 1.92 bits per heavy atom. The first kappa shape index (κ1) is 21.0. The number of fused-ring (bicyclic) bond motifs is 1. The maximum absolute atomic E-state index is 4.72. The van der Waals surface area contributed by atoms with Crippen LogP contribution in [0.2, 0.25) is 0 Å². The molecule has 1 saturated heterocycles. The Balaban J connectivity index is 0.00000243. The molecular formula is C19H31IN6. The highest BCUT2D eigenvalue weighted by molar-refractivity contribution is 14.0. The third-order valence-electron chi connectivity index (χ3n) is 4.77. The summed E-state index contributed by atoms with van der Waals surface area (Å²) < 4.78 is 2.12. The van der Waals surface area contributed by atoms with Gasteiger partial charge < -0.3 is 20.1 Å². The second kappa shape index (κ2) is 10.7. The fraction of sp³-hybridized carbons (Fsp3) is 0.579. The Kier molecular flexibility index (Phi) is 8.64. The summed E-state index contributed by atoms with van der Waals surface area (Å²) in [7, 11) is 2.05. The van der Waals surface area contributed by atoms with Gasteiger partial charge in [-0.3, -0.25) is 0 Å². The number of imidazole rings is 1. The van der Waals surface area contributed by atoms with Crippen LogP contribution in [0.4, 0.5) is 0 Å². The summed E-state index contributed by atoms with van der Waals surface area (Å²) in [5.74, 6) is 1.85. The molecule has 0 bridgehead atoms. The molecule has 1 aliphatic rings. The van der Waals surface area contributed by atoms with E-state index in [1.165, 1.54) is 32.4 Å². The standard InChI is InChI=1S/C19H30N6.HI/c1-3-20-19(21-11-14-25-12-7-4-8-13-25)22-15-18-23-16-9-5-6-10-17(16)24(18)2;/h5-6,9-10H,3-4,7-8,11-15H2,1-2H3,(H2,20,21,22);1H. The molecule has 26 heavy (non-hydrogen) atoms. The number of nitrogens with one attached hydrogen (secondary N) is 2. The Morgan fingerprint density at radius 3 is 2.65 bits per heavy atom. The Hall–Kier alpha value is -1.35. The highest BCUT2D eigenvalue weighted by Gasteiger charge is 2.10. The summed E-state index contributed by atoms with van der Waals surface area (Å²) in [4.78, 5) is 11.9. The molecule has 7 heteroatoms. The van der Waals surface area contributed by atoms with Crippen molar-refractivity contribution in [1.82, 2.24) is 25.1 Å². The van der Waals surface area contributed by atoms with E-state index in [9.17, 15) is 0 Å². The molecule has 2 N–H and O–H groups in total. The van der Waals surface area contributed by atoms with Crippen LogP contribution in [0, 0.1) is 0 Å². The molecule has 6 nitrogen and oxygen atoms in total. The van der Waals surface area contributed by atoms with Crippen LogP contribution in [0.5, 0.6) is 0 Å². The normalized spacial score (nSPS) is 15.7. The summed E-state index contributed by atoms with van der Waals surface area (Å²) in [6, 6.07) is 8.21. The van der Waals surface area contributed by atoms with Gasteiger partial charge >= 0.3 is 0 Å². The molecule has 1 aliphatic heterocycles. The van der Waals surface area contributed by atoms with E-state index in [0.717, 1.165) is 42.5 Å². The van der Waals surface area contributed by atoms with E-state index >= 15 is 0 Å². The van der Waals surface area contributed by atoms with Crippen molar-refractivity contribution in [2.24, 2.45) is 12.0 Å². The summed E-state index contributed by atoms with van der Waals surface area (Å²) in [6.07, 6.45) is 4.05. The number of aryl methyl sites for hydroxylation is 1. The second-order valence-electron chi connectivity index (χ2n) is 6.60. The molecule has 1 aromatic heterocycles. The summed E-state index contributed by atoms with van der Waals surface area (Å²) in [5, 5.41) is 6.78. The first-order valence-electron chi connectivity index (χ1n) is 9.43. The first-order valence-corrected chi connectivity index (χ1v) is 9.43. The topological polar surface area (TPSA) is 57.5 Å². The van der Waals surface area contributed by atoms with Gasteiger partial charge in [0.15, 0.2) is 5.96 Å². The highest BCUT2D eigenvalue weighted by atomic mass is 127. The molecule has 0 atom stereocenters. The van der Waals surface area contributed by atoms with Gasteiger partial charge in [0.25, 0.3) is 0 Å². The van der Waals surface area contributed by atoms with Crippen molar-refractivity contribution in [1.29, 1.82) is 0 Å². The van der Waals surface area contributed by atoms with Crippen LogP contribution in [0.3, 0.4) is 0 Å². The van der Waals surface area contributed by atoms with E-state index < -0.39 is 0 Å². The molecule has 0 amide bonds. The zero-order chi connectivity index (χ0) is 17.5. The number of para-hydroxylation sites is 2. The van der Waals surface area contributed by atoms with Gasteiger partial charge in [0, 0.05) is 26.7 Å². The molecule has 2 heterocycles. The van der Waals surface area contributed by atoms with Crippen LogP contribution < -0.4 is 10.6 Å². The van der Waals surface area contributed by atoms with Crippen molar-refractivity contribution >= 4 is 41.0 Å². The quantitative estimate of drug-likeness (QED) is 0.388. The Labute approximate surface area is 173 Å². The van der Waals surface area contributed by atoms with Crippen molar-refractivity contribution in [3.05, 3.63) is 30.1 Å². The fourth-order valence-electron chi connectivity index (χ4n) is 3.34. The smallest absolute Gasteiger partial charge is 0.191 e. The number of guanidine groups is 1. The lowest BCUT2D eigenvalue weighted by atomic mass is 10.1. The largest absolute Gasteiger partial charge is 0.357 e. The lowest BCUT2D eigenvalue weighted by Gasteiger charge is -2.26. The minimum Gasteiger partial charge on any atom is -0.357 e. The lowest BCUT2D eigenvalue weighted by Crippen LogP contribution is -2.42. The molecule has 0 spiro atoms. The molecule has 1 aromatic carbocycles. The predicted molar refractivity (Wildman–Crippen MR) is 119 cm³/mol. The van der Waals surface area contributed by atoms with Crippen LogP contribution in [0.25, 0.3) is 11.0 Å². The zero-order valence-electron chi connectivity index (χ0n) is 15.9. The van der Waals surface area contributed by atoms with E-state index in [-0.39, 0.29) is 24.0 Å². The van der Waals surface area contributed by atoms with Gasteiger partial charge in [0.2, 0.25) is 0 Å². The van der Waals surface area contributed by atoms with Gasteiger partial charge in [-0.2, -0.15) is 0 Å². The van der Waals surface area contributed by atoms with Crippen LogP contribution in [-0.2, 0) is 13.6 Å². The van der Waals surface area contributed by atoms with E-state index in [4.69, 9.17) is 9.98 Å². The van der Waals surface area contributed by atoms with Gasteiger partial charge in [0.1, 0.15) is 12.4 Å². The molecule has 2 aromatic rings. The van der Waals surface area contributed by atoms with Crippen LogP contribution in [0.1, 0.15) is 32.0 Å². The van der Waals surface area contributed by atoms with Gasteiger partial charge in [-0.25, -0.2) is 9.98 Å². The average molecular weight is 470 g/mol. The summed E-state index contributed by atoms with van der Waals surface area (Å²) >= 11 is 0. The number of hydrogen-bond acceptors (Lipinski definition) is 3. The van der Waals surface area contributed by atoms with E-state index in [0.29, 0.717) is 6.54 Å². The number of rotatable bonds is 6. The average Bonchev–Trinajstić information content (AvgIpc) is 2.97. The monoisotopic (exact) mass is 470 g/mol. The number of likely N-dealkylation sites (tertiary alicyclic amines) is 1. The minimum atomic E-state index is 0. The van der Waals surface area contributed by atoms with E-state index in [1.807, 2.05) is 18.2 Å². The lowest BCUT2D eigenvalue weighted by molar-refractivity contribution is 0.232. The molecule has 0 radical (unpaired) electrons. The number of benzene rings is 1. The molecule has 0 unspecified atom stereocenters. The molecule has 1 fully saturated rings. The summed E-state index contributed by atoms with van der Waals surface area (Å²) in [6.45, 7) is 7.99. The second-order valence-corrected chi connectivity index (χ2v) is 6.60.